The van der Waals surface area contributed by atoms with E-state index in [2.05, 4.69) is 34.4 Å². The van der Waals surface area contributed by atoms with Crippen LogP contribution < -0.4 is 9.47 Å². The average Bonchev–Trinajstić information content (AvgIpc) is 2.97. The molecule has 6 nitrogen and oxygen atoms in total. The van der Waals surface area contributed by atoms with Crippen molar-refractivity contribution in [1.29, 1.82) is 0 Å². The van der Waals surface area contributed by atoms with Crippen LogP contribution in [-0.2, 0) is 6.61 Å². The number of aryl methyl sites for hydroxylation is 2. The molecule has 1 heterocycles. The molecule has 7 heteroatoms. The molecule has 0 atom stereocenters. The fraction of sp³-hybridized carbons (Fsp3) is 0.211. The minimum absolute atomic E-state index is 0.434. The zero-order chi connectivity index (χ0) is 18.5. The maximum atomic E-state index is 6.04. The highest BCUT2D eigenvalue weighted by atomic mass is 32.1. The van der Waals surface area contributed by atoms with Crippen molar-refractivity contribution >= 4 is 18.4 Å². The van der Waals surface area contributed by atoms with Crippen molar-refractivity contribution in [1.82, 2.24) is 14.9 Å². The van der Waals surface area contributed by atoms with Crippen LogP contribution in [0, 0.1) is 18.6 Å². The zero-order valence-electron chi connectivity index (χ0n) is 14.9. The van der Waals surface area contributed by atoms with Crippen molar-refractivity contribution in [2.45, 2.75) is 20.5 Å². The van der Waals surface area contributed by atoms with Gasteiger partial charge in [0.25, 0.3) is 0 Å². The Labute approximate surface area is 157 Å². The average molecular weight is 368 g/mol. The van der Waals surface area contributed by atoms with E-state index >= 15 is 0 Å². The molecule has 0 saturated carbocycles. The summed E-state index contributed by atoms with van der Waals surface area (Å²) in [6.45, 7) is 4.32. The van der Waals surface area contributed by atoms with E-state index in [4.69, 9.17) is 21.7 Å². The maximum absolute atomic E-state index is 6.04. The lowest BCUT2D eigenvalue weighted by Gasteiger charge is -2.13. The molecule has 0 amide bonds. The lowest BCUT2D eigenvalue weighted by atomic mass is 10.1. The highest BCUT2D eigenvalue weighted by Gasteiger charge is 2.10. The van der Waals surface area contributed by atoms with Crippen LogP contribution in [0.3, 0.4) is 0 Å². The Morgan fingerprint density at radius 3 is 2.62 bits per heavy atom. The normalized spacial score (nSPS) is 11.0. The molecular formula is C19H20N4O2S. The molecule has 0 unspecified atom stereocenters. The molecule has 2 aromatic carbocycles. The SMILES string of the molecule is COc1cccc(/C=N/n2c(C)n[nH]c2=S)c1OCc1ccc(C)cc1. The lowest BCUT2D eigenvalue weighted by molar-refractivity contribution is 0.284. The van der Waals surface area contributed by atoms with Crippen LogP contribution in [0.4, 0.5) is 0 Å². The van der Waals surface area contributed by atoms with Gasteiger partial charge in [-0.05, 0) is 43.8 Å². The molecule has 0 aliphatic heterocycles. The van der Waals surface area contributed by atoms with Crippen molar-refractivity contribution in [2.24, 2.45) is 5.10 Å². The molecule has 0 spiro atoms. The third kappa shape index (κ3) is 4.00. The second-order valence-electron chi connectivity index (χ2n) is 5.79. The van der Waals surface area contributed by atoms with E-state index in [1.54, 1.807) is 18.0 Å². The molecule has 26 heavy (non-hydrogen) atoms. The Kier molecular flexibility index (Phi) is 5.48. The fourth-order valence-electron chi connectivity index (χ4n) is 2.42. The van der Waals surface area contributed by atoms with E-state index in [1.807, 2.05) is 37.3 Å². The maximum Gasteiger partial charge on any atom is 0.216 e. The largest absolute Gasteiger partial charge is 0.493 e. The predicted molar refractivity (Wildman–Crippen MR) is 104 cm³/mol. The number of hydrogen-bond donors (Lipinski definition) is 1. The second kappa shape index (κ2) is 7.97. The van der Waals surface area contributed by atoms with Crippen molar-refractivity contribution in [3.63, 3.8) is 0 Å². The second-order valence-corrected chi connectivity index (χ2v) is 6.17. The Morgan fingerprint density at radius 1 is 1.19 bits per heavy atom. The standard InChI is InChI=1S/C19H20N4O2S/c1-13-7-9-15(10-8-13)12-25-18-16(5-4-6-17(18)24-3)11-20-23-14(2)21-22-19(23)26/h4-11H,12H2,1-3H3,(H,22,26)/b20-11+. The molecule has 0 fully saturated rings. The highest BCUT2D eigenvalue weighted by Crippen LogP contribution is 2.31. The summed E-state index contributed by atoms with van der Waals surface area (Å²) < 4.78 is 13.5. The molecule has 0 aliphatic rings. The van der Waals surface area contributed by atoms with Gasteiger partial charge in [0.1, 0.15) is 12.4 Å². The van der Waals surface area contributed by atoms with Crippen molar-refractivity contribution in [3.8, 4) is 11.5 Å². The van der Waals surface area contributed by atoms with Crippen LogP contribution in [0.25, 0.3) is 0 Å². The number of ether oxygens (including phenoxy) is 2. The van der Waals surface area contributed by atoms with Crippen LogP contribution in [-0.4, -0.2) is 28.2 Å². The van der Waals surface area contributed by atoms with Gasteiger partial charge in [0.2, 0.25) is 4.77 Å². The molecule has 0 aliphatic carbocycles. The third-order valence-electron chi connectivity index (χ3n) is 3.86. The number of hydrogen-bond acceptors (Lipinski definition) is 5. The zero-order valence-corrected chi connectivity index (χ0v) is 15.7. The van der Waals surface area contributed by atoms with Crippen LogP contribution in [0.1, 0.15) is 22.5 Å². The number of methoxy groups -OCH3 is 1. The molecule has 0 bridgehead atoms. The first-order valence-electron chi connectivity index (χ1n) is 8.12. The van der Waals surface area contributed by atoms with Gasteiger partial charge in [-0.15, -0.1) is 0 Å². The van der Waals surface area contributed by atoms with Gasteiger partial charge < -0.3 is 9.47 Å². The van der Waals surface area contributed by atoms with Gasteiger partial charge in [-0.3, -0.25) is 5.10 Å². The Balaban J connectivity index is 1.88. The van der Waals surface area contributed by atoms with Gasteiger partial charge in [0.15, 0.2) is 11.5 Å². The molecule has 0 saturated heterocycles. The van der Waals surface area contributed by atoms with Crippen LogP contribution in [0.2, 0.25) is 0 Å². The Bertz CT molecular complexity index is 974. The number of aromatic nitrogens is 3. The van der Waals surface area contributed by atoms with Crippen molar-refractivity contribution in [3.05, 3.63) is 69.8 Å². The van der Waals surface area contributed by atoms with Crippen LogP contribution in [0.5, 0.6) is 11.5 Å². The number of nitrogens with one attached hydrogen (secondary N) is 1. The monoisotopic (exact) mass is 368 g/mol. The molecule has 1 aromatic heterocycles. The summed E-state index contributed by atoms with van der Waals surface area (Å²) in [6.07, 6.45) is 1.69. The van der Waals surface area contributed by atoms with Gasteiger partial charge >= 0.3 is 0 Å². The minimum Gasteiger partial charge on any atom is -0.493 e. The van der Waals surface area contributed by atoms with E-state index in [0.717, 1.165) is 11.1 Å². The Morgan fingerprint density at radius 2 is 1.96 bits per heavy atom. The van der Waals surface area contributed by atoms with Gasteiger partial charge in [0.05, 0.1) is 13.3 Å². The van der Waals surface area contributed by atoms with E-state index in [9.17, 15) is 0 Å². The quantitative estimate of drug-likeness (QED) is 0.527. The minimum atomic E-state index is 0.434. The summed E-state index contributed by atoms with van der Waals surface area (Å²) in [7, 11) is 1.62. The first-order chi connectivity index (χ1) is 12.6. The van der Waals surface area contributed by atoms with Gasteiger partial charge in [-0.2, -0.15) is 14.9 Å². The van der Waals surface area contributed by atoms with Crippen molar-refractivity contribution < 1.29 is 9.47 Å². The molecular weight excluding hydrogens is 348 g/mol. The van der Waals surface area contributed by atoms with Gasteiger partial charge in [0, 0.05) is 5.56 Å². The summed E-state index contributed by atoms with van der Waals surface area (Å²) >= 11 is 5.17. The van der Waals surface area contributed by atoms with Crippen LogP contribution >= 0.6 is 12.2 Å². The molecule has 1 N–H and O–H groups in total. The highest BCUT2D eigenvalue weighted by molar-refractivity contribution is 7.71. The number of rotatable bonds is 6. The molecule has 134 valence electrons. The predicted octanol–water partition coefficient (Wildman–Crippen LogP) is 4.03. The first kappa shape index (κ1) is 17.9. The van der Waals surface area contributed by atoms with Crippen molar-refractivity contribution in [2.75, 3.05) is 7.11 Å². The van der Waals surface area contributed by atoms with E-state index in [1.165, 1.54) is 5.56 Å². The van der Waals surface area contributed by atoms with Crippen LogP contribution in [0.15, 0.2) is 47.6 Å². The summed E-state index contributed by atoms with van der Waals surface area (Å²) in [4.78, 5) is 0. The number of aromatic amines is 1. The lowest BCUT2D eigenvalue weighted by Crippen LogP contribution is -2.02. The molecule has 0 radical (unpaired) electrons. The first-order valence-corrected chi connectivity index (χ1v) is 8.53. The Hall–Kier alpha value is -2.93. The topological polar surface area (TPSA) is 64.4 Å². The van der Waals surface area contributed by atoms with E-state index in [-0.39, 0.29) is 0 Å². The third-order valence-corrected chi connectivity index (χ3v) is 4.12. The van der Waals surface area contributed by atoms with Gasteiger partial charge in [-0.1, -0.05) is 35.9 Å². The number of H-pyrrole nitrogens is 1. The molecule has 3 rings (SSSR count). The fourth-order valence-corrected chi connectivity index (χ4v) is 2.64. The summed E-state index contributed by atoms with van der Waals surface area (Å²) in [5, 5.41) is 11.1. The number of para-hydroxylation sites is 1. The van der Waals surface area contributed by atoms with E-state index < -0.39 is 0 Å². The number of nitrogens with zero attached hydrogens (tertiary/aromatic N) is 3. The summed E-state index contributed by atoms with van der Waals surface area (Å²) in [5.41, 5.74) is 3.09. The summed E-state index contributed by atoms with van der Waals surface area (Å²) in [6, 6.07) is 13.9. The van der Waals surface area contributed by atoms with E-state index in [0.29, 0.717) is 28.7 Å². The molecule has 3 aromatic rings. The van der Waals surface area contributed by atoms with Gasteiger partial charge in [-0.25, -0.2) is 0 Å². The smallest absolute Gasteiger partial charge is 0.216 e. The summed E-state index contributed by atoms with van der Waals surface area (Å²) in [5.74, 6) is 1.96. The number of benzene rings is 2.